The van der Waals surface area contributed by atoms with E-state index in [1.165, 1.54) is 23.9 Å². The van der Waals surface area contributed by atoms with Crippen molar-refractivity contribution in [1.82, 2.24) is 35.6 Å². The summed E-state index contributed by atoms with van der Waals surface area (Å²) in [5.41, 5.74) is 11.2. The van der Waals surface area contributed by atoms with Crippen LogP contribution < -0.4 is 16.1 Å². The number of rotatable bonds is 10. The molecule has 3 N–H and O–H groups in total. The van der Waals surface area contributed by atoms with Crippen LogP contribution in [0.5, 0.6) is 0 Å². The summed E-state index contributed by atoms with van der Waals surface area (Å²) in [5, 5.41) is 19.8. The zero-order chi connectivity index (χ0) is 25.5. The zero-order valence-corrected chi connectivity index (χ0v) is 21.1. The molecule has 0 radical (unpaired) electrons. The van der Waals surface area contributed by atoms with E-state index in [1.807, 2.05) is 31.3 Å². The third-order valence-corrected chi connectivity index (χ3v) is 6.67. The Bertz CT molecular complexity index is 1160. The molecule has 0 spiro atoms. The van der Waals surface area contributed by atoms with Crippen LogP contribution in [0.25, 0.3) is 5.82 Å². The van der Waals surface area contributed by atoms with Gasteiger partial charge in [0, 0.05) is 31.4 Å². The Labute approximate surface area is 210 Å². The molecule has 36 heavy (non-hydrogen) atoms. The second-order valence-electron chi connectivity index (χ2n) is 8.94. The van der Waals surface area contributed by atoms with Gasteiger partial charge in [-0.1, -0.05) is 36.6 Å². The van der Waals surface area contributed by atoms with Crippen LogP contribution in [0.3, 0.4) is 0 Å². The van der Waals surface area contributed by atoms with E-state index >= 15 is 0 Å². The van der Waals surface area contributed by atoms with E-state index in [0.717, 1.165) is 37.2 Å². The Morgan fingerprint density at radius 1 is 1.19 bits per heavy atom. The van der Waals surface area contributed by atoms with Crippen LogP contribution >= 0.6 is 0 Å². The van der Waals surface area contributed by atoms with Crippen LogP contribution in [0.4, 0.5) is 11.5 Å². The van der Waals surface area contributed by atoms with Gasteiger partial charge in [0.2, 0.25) is 11.6 Å². The number of hydrazone groups is 1. The van der Waals surface area contributed by atoms with E-state index in [4.69, 9.17) is 10.4 Å². The second-order valence-corrected chi connectivity index (χ2v) is 8.94. The van der Waals surface area contributed by atoms with Crippen molar-refractivity contribution in [2.24, 2.45) is 5.10 Å². The molecular weight excluding hydrogens is 460 g/mol. The highest BCUT2D eigenvalue weighted by atomic mass is 16.6. The summed E-state index contributed by atoms with van der Waals surface area (Å²) in [6, 6.07) is 8.42. The molecule has 1 aliphatic carbocycles. The number of nitrogen functional groups attached to an aromatic ring is 1. The fourth-order valence-corrected chi connectivity index (χ4v) is 4.59. The van der Waals surface area contributed by atoms with E-state index in [0.29, 0.717) is 18.3 Å². The molecule has 3 aromatic rings. The molecule has 4 rings (SSSR count). The molecule has 0 unspecified atom stereocenters. The van der Waals surface area contributed by atoms with Crippen LogP contribution in [0.15, 0.2) is 34.0 Å². The van der Waals surface area contributed by atoms with Gasteiger partial charge in [-0.2, -0.15) is 9.78 Å². The number of nitrogens with two attached hydrogens (primary N) is 1. The van der Waals surface area contributed by atoms with E-state index in [-0.39, 0.29) is 17.3 Å². The van der Waals surface area contributed by atoms with Crippen molar-refractivity contribution in [1.29, 1.82) is 0 Å². The number of nitrogens with one attached hydrogen (secondary N) is 1. The van der Waals surface area contributed by atoms with Crippen LogP contribution in [-0.4, -0.2) is 68.5 Å². The first-order chi connectivity index (χ1) is 17.5. The average molecular weight is 495 g/mol. The van der Waals surface area contributed by atoms with Crippen molar-refractivity contribution in [3.05, 3.63) is 41.2 Å². The number of carbonyl (C=O) groups excluding carboxylic acids is 1. The Balaban J connectivity index is 1.50. The highest BCUT2D eigenvalue weighted by molar-refractivity contribution is 5.94. The maximum Gasteiger partial charge on any atom is 0.293 e. The average Bonchev–Trinajstić information content (AvgIpc) is 3.51. The van der Waals surface area contributed by atoms with Crippen molar-refractivity contribution < 1.29 is 9.42 Å². The minimum Gasteiger partial charge on any atom is -0.378 e. The summed E-state index contributed by atoms with van der Waals surface area (Å²) in [6.07, 6.45) is 7.49. The van der Waals surface area contributed by atoms with Crippen molar-refractivity contribution in [2.45, 2.75) is 58.5 Å². The molecule has 0 atom stereocenters. The van der Waals surface area contributed by atoms with E-state index in [9.17, 15) is 4.79 Å². The quantitative estimate of drug-likeness (QED) is 0.321. The van der Waals surface area contributed by atoms with Gasteiger partial charge in [0.15, 0.2) is 5.69 Å². The molecule has 12 nitrogen and oxygen atoms in total. The van der Waals surface area contributed by atoms with Crippen molar-refractivity contribution in [3.63, 3.8) is 0 Å². The molecule has 2 aromatic heterocycles. The largest absolute Gasteiger partial charge is 0.378 e. The number of aromatic nitrogens is 5. The van der Waals surface area contributed by atoms with Gasteiger partial charge in [0.1, 0.15) is 0 Å². The molecule has 12 heteroatoms. The number of amides is 1. The van der Waals surface area contributed by atoms with Gasteiger partial charge < -0.3 is 10.6 Å². The molecule has 2 heterocycles. The van der Waals surface area contributed by atoms with Gasteiger partial charge in [0.05, 0.1) is 11.9 Å². The lowest BCUT2D eigenvalue weighted by Crippen LogP contribution is -2.34. The maximum absolute atomic E-state index is 13.0. The first-order valence-corrected chi connectivity index (χ1v) is 12.4. The molecule has 0 aliphatic heterocycles. The van der Waals surface area contributed by atoms with Gasteiger partial charge in [0.25, 0.3) is 5.91 Å². The van der Waals surface area contributed by atoms with Gasteiger partial charge in [-0.05, 0) is 61.7 Å². The SMILES string of the molecule is CCN(CC)c1ccc(/C=N/NC(=O)c2nnn(-c3nonc3N)c2CN(C)C2CCCCC2)cc1. The molecular formula is C24H34N10O2. The molecule has 1 aliphatic rings. The number of carbonyl (C=O) groups is 1. The Kier molecular flexibility index (Phi) is 8.26. The van der Waals surface area contributed by atoms with Crippen molar-refractivity contribution in [2.75, 3.05) is 30.8 Å². The van der Waals surface area contributed by atoms with E-state index in [2.05, 4.69) is 54.8 Å². The molecule has 0 bridgehead atoms. The monoisotopic (exact) mass is 494 g/mol. The highest BCUT2D eigenvalue weighted by Gasteiger charge is 2.27. The number of hydrogen-bond acceptors (Lipinski definition) is 10. The smallest absolute Gasteiger partial charge is 0.293 e. The summed E-state index contributed by atoms with van der Waals surface area (Å²) in [7, 11) is 2.04. The first-order valence-electron chi connectivity index (χ1n) is 12.4. The lowest BCUT2D eigenvalue weighted by atomic mass is 9.94. The molecule has 1 fully saturated rings. The fraction of sp³-hybridized carbons (Fsp3) is 0.500. The van der Waals surface area contributed by atoms with Gasteiger partial charge in [-0.15, -0.1) is 5.10 Å². The third-order valence-electron chi connectivity index (χ3n) is 6.67. The summed E-state index contributed by atoms with van der Waals surface area (Å²) >= 11 is 0. The Hall–Kier alpha value is -3.80. The topological polar surface area (TPSA) is 144 Å². The van der Waals surface area contributed by atoms with Crippen LogP contribution in [-0.2, 0) is 6.54 Å². The number of anilines is 2. The number of benzene rings is 1. The third kappa shape index (κ3) is 5.70. The molecule has 1 aromatic carbocycles. The van der Waals surface area contributed by atoms with Crippen molar-refractivity contribution in [3.8, 4) is 5.82 Å². The Morgan fingerprint density at radius 3 is 2.56 bits per heavy atom. The van der Waals surface area contributed by atoms with Gasteiger partial charge in [-0.25, -0.2) is 10.1 Å². The molecule has 1 amide bonds. The van der Waals surface area contributed by atoms with E-state index in [1.54, 1.807) is 6.21 Å². The number of nitrogens with zero attached hydrogens (tertiary/aromatic N) is 8. The normalized spacial score (nSPS) is 14.6. The maximum atomic E-state index is 13.0. The second kappa shape index (κ2) is 11.8. The fourth-order valence-electron chi connectivity index (χ4n) is 4.59. The van der Waals surface area contributed by atoms with E-state index < -0.39 is 5.91 Å². The minimum absolute atomic E-state index is 0.0691. The minimum atomic E-state index is -0.473. The Morgan fingerprint density at radius 2 is 1.92 bits per heavy atom. The lowest BCUT2D eigenvalue weighted by molar-refractivity contribution is 0.0947. The zero-order valence-electron chi connectivity index (χ0n) is 21.1. The predicted molar refractivity (Wildman–Crippen MR) is 137 cm³/mol. The predicted octanol–water partition coefficient (Wildman–Crippen LogP) is 2.61. The summed E-state index contributed by atoms with van der Waals surface area (Å²) in [4.78, 5) is 17.5. The van der Waals surface area contributed by atoms with Gasteiger partial charge >= 0.3 is 0 Å². The van der Waals surface area contributed by atoms with Crippen LogP contribution in [0.2, 0.25) is 0 Å². The highest BCUT2D eigenvalue weighted by Crippen LogP contribution is 2.24. The standard InChI is InChI=1S/C24H34N10O2/c1-4-33(5-2)19-13-11-17(12-14-19)15-26-28-24(35)21-20(16-32(3)18-9-7-6-8-10-18)34(31-27-21)23-22(25)29-36-30-23/h11-15,18H,4-10,16H2,1-3H3,(H2,25,29)(H,28,35)/b26-15+. The summed E-state index contributed by atoms with van der Waals surface area (Å²) in [6.45, 7) is 6.56. The van der Waals surface area contributed by atoms with Crippen LogP contribution in [0.1, 0.15) is 67.7 Å². The van der Waals surface area contributed by atoms with Crippen molar-refractivity contribution >= 4 is 23.6 Å². The summed E-state index contributed by atoms with van der Waals surface area (Å²) in [5.74, 6) is -0.204. The van der Waals surface area contributed by atoms with Crippen LogP contribution in [0, 0.1) is 0 Å². The molecule has 1 saturated carbocycles. The lowest BCUT2D eigenvalue weighted by Gasteiger charge is -2.31. The first kappa shape index (κ1) is 25.3. The van der Waals surface area contributed by atoms with Gasteiger partial charge in [-0.3, -0.25) is 9.69 Å². The number of hydrogen-bond donors (Lipinski definition) is 2. The molecule has 192 valence electrons. The summed E-state index contributed by atoms with van der Waals surface area (Å²) < 4.78 is 6.16. The molecule has 0 saturated heterocycles.